The van der Waals surface area contributed by atoms with Crippen molar-refractivity contribution in [3.63, 3.8) is 0 Å². The van der Waals surface area contributed by atoms with Crippen LogP contribution in [0, 0.1) is 0 Å². The Balaban J connectivity index is 1.45. The zero-order chi connectivity index (χ0) is 21.5. The van der Waals surface area contributed by atoms with Crippen molar-refractivity contribution in [1.29, 1.82) is 0 Å². The van der Waals surface area contributed by atoms with Crippen LogP contribution in [-0.4, -0.2) is 79.9 Å². The average Bonchev–Trinajstić information content (AvgIpc) is 3.23. The Kier molecular flexibility index (Phi) is 7.39. The molecule has 0 unspecified atom stereocenters. The molecule has 0 amide bonds. The maximum absolute atomic E-state index is 12.5. The second kappa shape index (κ2) is 10.6. The molecule has 9 heteroatoms. The maximum Gasteiger partial charge on any atom is 0.341 e. The van der Waals surface area contributed by atoms with Crippen molar-refractivity contribution in [1.82, 2.24) is 20.0 Å². The number of nitrogens with one attached hydrogen (secondary N) is 1. The van der Waals surface area contributed by atoms with Crippen LogP contribution >= 0.6 is 0 Å². The number of aromatic nitrogens is 2. The van der Waals surface area contributed by atoms with Crippen molar-refractivity contribution >= 4 is 5.97 Å². The molecule has 0 radical (unpaired) electrons. The van der Waals surface area contributed by atoms with E-state index in [-0.39, 0.29) is 5.97 Å². The number of hydrogen-bond donors (Lipinski definition) is 1. The molecule has 1 N–H and O–H groups in total. The minimum Gasteiger partial charge on any atom is -0.486 e. The lowest BCUT2D eigenvalue weighted by atomic mass is 10.2. The van der Waals surface area contributed by atoms with Gasteiger partial charge in [-0.15, -0.1) is 0 Å². The summed E-state index contributed by atoms with van der Waals surface area (Å²) in [5, 5.41) is 7.92. The Hall–Kier alpha value is -2.62. The first-order valence-electron chi connectivity index (χ1n) is 10.9. The monoisotopic (exact) mass is 430 g/mol. The zero-order valence-corrected chi connectivity index (χ0v) is 18.0. The van der Waals surface area contributed by atoms with Crippen molar-refractivity contribution in [2.45, 2.75) is 19.9 Å². The first kappa shape index (κ1) is 21.6. The van der Waals surface area contributed by atoms with Gasteiger partial charge in [0, 0.05) is 25.7 Å². The van der Waals surface area contributed by atoms with Gasteiger partial charge < -0.3 is 24.3 Å². The van der Waals surface area contributed by atoms with E-state index in [9.17, 15) is 4.79 Å². The normalized spacial score (nSPS) is 16.3. The molecule has 1 aromatic heterocycles. The number of fused-ring (bicyclic) bond motifs is 1. The van der Waals surface area contributed by atoms with E-state index in [1.54, 1.807) is 17.8 Å². The summed E-state index contributed by atoms with van der Waals surface area (Å²) < 4.78 is 23.7. The van der Waals surface area contributed by atoms with Crippen LogP contribution in [0.4, 0.5) is 0 Å². The number of ether oxygens (including phenoxy) is 4. The van der Waals surface area contributed by atoms with Gasteiger partial charge in [-0.25, -0.2) is 9.48 Å². The highest BCUT2D eigenvalue weighted by molar-refractivity contribution is 5.90. The number of morpholine rings is 1. The summed E-state index contributed by atoms with van der Waals surface area (Å²) in [6.07, 6.45) is 2.59. The molecule has 2 aliphatic rings. The Morgan fingerprint density at radius 1 is 1.16 bits per heavy atom. The van der Waals surface area contributed by atoms with Gasteiger partial charge in [-0.2, -0.15) is 5.10 Å². The van der Waals surface area contributed by atoms with E-state index < -0.39 is 0 Å². The van der Waals surface area contributed by atoms with E-state index in [0.717, 1.165) is 62.9 Å². The van der Waals surface area contributed by atoms with Gasteiger partial charge in [0.2, 0.25) is 0 Å². The number of benzene rings is 1. The van der Waals surface area contributed by atoms with Crippen molar-refractivity contribution in [2.75, 3.05) is 59.2 Å². The van der Waals surface area contributed by atoms with Gasteiger partial charge in [0.15, 0.2) is 11.5 Å². The van der Waals surface area contributed by atoms with Gasteiger partial charge in [-0.3, -0.25) is 4.90 Å². The Bertz CT molecular complexity index is 879. The van der Waals surface area contributed by atoms with Gasteiger partial charge in [0.05, 0.1) is 37.4 Å². The third-order valence-electron chi connectivity index (χ3n) is 5.36. The van der Waals surface area contributed by atoms with Crippen LogP contribution < -0.4 is 14.8 Å². The Labute approximate surface area is 182 Å². The third-order valence-corrected chi connectivity index (χ3v) is 5.36. The number of esters is 1. The predicted octanol–water partition coefficient (Wildman–Crippen LogP) is 1.63. The third kappa shape index (κ3) is 5.36. The quantitative estimate of drug-likeness (QED) is 0.475. The number of rotatable bonds is 9. The molecule has 0 atom stereocenters. The largest absolute Gasteiger partial charge is 0.486 e. The van der Waals surface area contributed by atoms with Crippen LogP contribution in [0.25, 0.3) is 5.69 Å². The lowest BCUT2D eigenvalue weighted by Gasteiger charge is -2.26. The van der Waals surface area contributed by atoms with Crippen LogP contribution in [0.15, 0.2) is 24.4 Å². The highest BCUT2D eigenvalue weighted by atomic mass is 16.6. The Morgan fingerprint density at radius 2 is 1.97 bits per heavy atom. The van der Waals surface area contributed by atoms with Crippen LogP contribution in [0.2, 0.25) is 0 Å². The molecule has 9 nitrogen and oxygen atoms in total. The second-order valence-electron chi connectivity index (χ2n) is 7.45. The minimum absolute atomic E-state index is 0.320. The Morgan fingerprint density at radius 3 is 2.77 bits per heavy atom. The lowest BCUT2D eigenvalue weighted by Crippen LogP contribution is -2.37. The van der Waals surface area contributed by atoms with Crippen LogP contribution in [0.5, 0.6) is 11.5 Å². The summed E-state index contributed by atoms with van der Waals surface area (Å²) in [4.78, 5) is 14.9. The second-order valence-corrected chi connectivity index (χ2v) is 7.45. The van der Waals surface area contributed by atoms with Crippen LogP contribution in [0.1, 0.15) is 29.4 Å². The number of carbonyl (C=O) groups excluding carboxylic acids is 1. The van der Waals surface area contributed by atoms with Crippen LogP contribution in [-0.2, 0) is 16.0 Å². The molecule has 168 valence electrons. The van der Waals surface area contributed by atoms with Crippen molar-refractivity contribution < 1.29 is 23.7 Å². The SMILES string of the molecule is CCOC(=O)c1cnn(-c2ccc3c(c2)OCCO3)c1CNCCCN1CCOCC1. The molecule has 1 saturated heterocycles. The van der Waals surface area contributed by atoms with Gasteiger partial charge >= 0.3 is 5.97 Å². The van der Waals surface area contributed by atoms with E-state index in [0.29, 0.717) is 37.7 Å². The summed E-state index contributed by atoms with van der Waals surface area (Å²) in [5.74, 6) is 1.04. The first-order valence-corrected chi connectivity index (χ1v) is 10.9. The summed E-state index contributed by atoms with van der Waals surface area (Å²) in [6.45, 7) is 9.15. The molecule has 31 heavy (non-hydrogen) atoms. The molecule has 0 aliphatic carbocycles. The van der Waals surface area contributed by atoms with E-state index in [2.05, 4.69) is 15.3 Å². The van der Waals surface area contributed by atoms with Crippen molar-refractivity contribution in [3.05, 3.63) is 35.7 Å². The smallest absolute Gasteiger partial charge is 0.341 e. The minimum atomic E-state index is -0.364. The maximum atomic E-state index is 12.5. The summed E-state index contributed by atoms with van der Waals surface area (Å²) in [7, 11) is 0. The molecule has 1 fully saturated rings. The molecule has 1 aromatic carbocycles. The lowest BCUT2D eigenvalue weighted by molar-refractivity contribution is 0.0374. The first-order chi connectivity index (χ1) is 15.3. The van der Waals surface area contributed by atoms with E-state index in [1.165, 1.54) is 0 Å². The summed E-state index contributed by atoms with van der Waals surface area (Å²) in [5.41, 5.74) is 2.05. The van der Waals surface area contributed by atoms with Crippen LogP contribution in [0.3, 0.4) is 0 Å². The molecule has 2 aliphatic heterocycles. The molecule has 2 aromatic rings. The highest BCUT2D eigenvalue weighted by Crippen LogP contribution is 2.32. The molecule has 4 rings (SSSR count). The number of carbonyl (C=O) groups is 1. The van der Waals surface area contributed by atoms with Gasteiger partial charge in [0.25, 0.3) is 0 Å². The molecular formula is C22H30N4O5. The zero-order valence-electron chi connectivity index (χ0n) is 18.0. The topological polar surface area (TPSA) is 87.1 Å². The van der Waals surface area contributed by atoms with Crippen molar-refractivity contribution in [2.24, 2.45) is 0 Å². The fourth-order valence-electron chi connectivity index (χ4n) is 3.77. The fraction of sp³-hybridized carbons (Fsp3) is 0.545. The van der Waals surface area contributed by atoms with Gasteiger partial charge in [0.1, 0.15) is 18.8 Å². The molecule has 0 saturated carbocycles. The standard InChI is InChI=1S/C22H30N4O5/c1-2-29-22(27)18-15-24-26(17-4-5-20-21(14-17)31-13-12-30-20)19(18)16-23-6-3-7-25-8-10-28-11-9-25/h4-5,14-15,23H,2-3,6-13,16H2,1H3. The van der Waals surface area contributed by atoms with E-state index in [1.807, 2.05) is 18.2 Å². The molecule has 0 spiro atoms. The fourth-order valence-corrected chi connectivity index (χ4v) is 3.77. The van der Waals surface area contributed by atoms with Crippen molar-refractivity contribution in [3.8, 4) is 17.2 Å². The van der Waals surface area contributed by atoms with E-state index in [4.69, 9.17) is 18.9 Å². The van der Waals surface area contributed by atoms with Gasteiger partial charge in [-0.05, 0) is 38.6 Å². The summed E-state index contributed by atoms with van der Waals surface area (Å²) in [6, 6.07) is 5.67. The molecule has 3 heterocycles. The number of hydrogen-bond acceptors (Lipinski definition) is 8. The molecular weight excluding hydrogens is 400 g/mol. The van der Waals surface area contributed by atoms with Gasteiger partial charge in [-0.1, -0.05) is 0 Å². The molecule has 0 bridgehead atoms. The predicted molar refractivity (Wildman–Crippen MR) is 114 cm³/mol. The van der Waals surface area contributed by atoms with E-state index >= 15 is 0 Å². The summed E-state index contributed by atoms with van der Waals surface area (Å²) >= 11 is 0. The highest BCUT2D eigenvalue weighted by Gasteiger charge is 2.21. The number of nitrogens with zero attached hydrogens (tertiary/aromatic N) is 3. The average molecular weight is 431 g/mol.